The van der Waals surface area contributed by atoms with Crippen LogP contribution in [0.1, 0.15) is 80.6 Å². The molecule has 0 spiro atoms. The highest BCUT2D eigenvalue weighted by atomic mass is 16.5. The van der Waals surface area contributed by atoms with Crippen molar-refractivity contribution < 1.29 is 9.53 Å². The Hall–Kier alpha value is -2.26. The van der Waals surface area contributed by atoms with Crippen molar-refractivity contribution in [2.45, 2.75) is 64.7 Å². The molecule has 0 unspecified atom stereocenters. The number of nitrogens with zero attached hydrogens (tertiary/aromatic N) is 1. The van der Waals surface area contributed by atoms with Crippen LogP contribution in [-0.2, 0) is 4.74 Å². The van der Waals surface area contributed by atoms with Crippen molar-refractivity contribution in [2.75, 3.05) is 6.61 Å². The number of nitriles is 1. The molecule has 0 aliphatic rings. The Morgan fingerprint density at radius 1 is 0.958 bits per heavy atom. The first kappa shape index (κ1) is 19.8. The summed E-state index contributed by atoms with van der Waals surface area (Å²) in [6, 6.07) is 8.40. The fourth-order valence-corrected chi connectivity index (χ4v) is 2.35. The maximum Gasteiger partial charge on any atom is 0.339 e. The number of unbranched alkanes of at least 4 members (excludes halogenated alkanes) is 8. The Kier molecular flexibility index (Phi) is 10.9. The Morgan fingerprint density at radius 2 is 1.58 bits per heavy atom. The van der Waals surface area contributed by atoms with E-state index in [0.29, 0.717) is 11.1 Å². The van der Waals surface area contributed by atoms with E-state index in [2.05, 4.69) is 18.8 Å². The Labute approximate surface area is 146 Å². The molecule has 128 valence electrons. The van der Waals surface area contributed by atoms with Crippen molar-refractivity contribution >= 4 is 5.97 Å². The van der Waals surface area contributed by atoms with Gasteiger partial charge in [-0.3, -0.25) is 0 Å². The second-order valence-electron chi connectivity index (χ2n) is 5.84. The molecule has 0 amide bonds. The van der Waals surface area contributed by atoms with E-state index in [1.807, 2.05) is 6.07 Å². The number of carbonyl (C=O) groups is 1. The summed E-state index contributed by atoms with van der Waals surface area (Å²) in [6.07, 6.45) is 11.2. The van der Waals surface area contributed by atoms with E-state index in [0.717, 1.165) is 12.8 Å². The quantitative estimate of drug-likeness (QED) is 0.335. The van der Waals surface area contributed by atoms with Gasteiger partial charge in [0.2, 0.25) is 0 Å². The molecule has 0 heterocycles. The van der Waals surface area contributed by atoms with Gasteiger partial charge < -0.3 is 4.74 Å². The first-order valence-corrected chi connectivity index (χ1v) is 8.91. The summed E-state index contributed by atoms with van der Waals surface area (Å²) in [4.78, 5) is 11.8. The highest BCUT2D eigenvalue weighted by Gasteiger charge is 2.05. The fraction of sp³-hybridized carbons (Fsp3) is 0.524. The van der Waals surface area contributed by atoms with Crippen LogP contribution in [0.2, 0.25) is 0 Å². The number of hydrogen-bond donors (Lipinski definition) is 0. The van der Waals surface area contributed by atoms with E-state index in [1.165, 1.54) is 44.9 Å². The first-order valence-electron chi connectivity index (χ1n) is 8.91. The SMILES string of the molecule is CCCCCCCCCCC#CCOC(=O)c1ccc(C#N)cc1. The maximum absolute atomic E-state index is 11.8. The summed E-state index contributed by atoms with van der Waals surface area (Å²) in [5.41, 5.74) is 0.968. The number of hydrogen-bond acceptors (Lipinski definition) is 3. The molecule has 3 heteroatoms. The van der Waals surface area contributed by atoms with Crippen LogP contribution in [-0.4, -0.2) is 12.6 Å². The van der Waals surface area contributed by atoms with Crippen molar-refractivity contribution in [3.8, 4) is 17.9 Å². The molecule has 0 N–H and O–H groups in total. The molecule has 3 nitrogen and oxygen atoms in total. The molecular formula is C21H27NO2. The van der Waals surface area contributed by atoms with Gasteiger partial charge in [0.05, 0.1) is 17.2 Å². The average molecular weight is 325 g/mol. The number of rotatable bonds is 10. The zero-order valence-corrected chi connectivity index (χ0v) is 14.6. The van der Waals surface area contributed by atoms with Crippen LogP contribution >= 0.6 is 0 Å². The topological polar surface area (TPSA) is 50.1 Å². The third kappa shape index (κ3) is 9.01. The van der Waals surface area contributed by atoms with Gasteiger partial charge in [-0.25, -0.2) is 4.79 Å². The summed E-state index contributed by atoms with van der Waals surface area (Å²) >= 11 is 0. The van der Waals surface area contributed by atoms with E-state index >= 15 is 0 Å². The predicted molar refractivity (Wildman–Crippen MR) is 96.4 cm³/mol. The standard InChI is InChI=1S/C21H27NO2/c1-2-3-4-5-6-7-8-9-10-11-12-17-24-21(23)20-15-13-19(18-22)14-16-20/h13-16H,2-10,17H2,1H3. The van der Waals surface area contributed by atoms with Gasteiger partial charge in [0.15, 0.2) is 6.61 Å². The predicted octanol–water partition coefficient (Wildman–Crippen LogP) is 5.25. The summed E-state index contributed by atoms with van der Waals surface area (Å²) in [5, 5.41) is 8.71. The smallest absolute Gasteiger partial charge is 0.339 e. The van der Waals surface area contributed by atoms with Crippen molar-refractivity contribution in [3.05, 3.63) is 35.4 Å². The lowest BCUT2D eigenvalue weighted by Gasteiger charge is -2.00. The lowest BCUT2D eigenvalue weighted by molar-refractivity contribution is 0.0556. The third-order valence-electron chi connectivity index (χ3n) is 3.81. The highest BCUT2D eigenvalue weighted by molar-refractivity contribution is 5.89. The van der Waals surface area contributed by atoms with Crippen LogP contribution in [0.15, 0.2) is 24.3 Å². The first-order chi connectivity index (χ1) is 11.8. The lowest BCUT2D eigenvalue weighted by atomic mass is 10.1. The van der Waals surface area contributed by atoms with Crippen LogP contribution in [0.4, 0.5) is 0 Å². The molecular weight excluding hydrogens is 298 g/mol. The number of carbonyl (C=O) groups excluding carboxylic acids is 1. The largest absolute Gasteiger partial charge is 0.449 e. The molecule has 0 saturated heterocycles. The third-order valence-corrected chi connectivity index (χ3v) is 3.81. The van der Waals surface area contributed by atoms with E-state index in [4.69, 9.17) is 10.00 Å². The molecule has 1 rings (SSSR count). The molecule has 1 aromatic rings. The van der Waals surface area contributed by atoms with Gasteiger partial charge in [-0.15, -0.1) is 0 Å². The molecule has 0 aromatic heterocycles. The second-order valence-corrected chi connectivity index (χ2v) is 5.84. The van der Waals surface area contributed by atoms with Crippen LogP contribution in [0, 0.1) is 23.2 Å². The number of ether oxygens (including phenoxy) is 1. The molecule has 24 heavy (non-hydrogen) atoms. The van der Waals surface area contributed by atoms with Crippen LogP contribution in [0.3, 0.4) is 0 Å². The van der Waals surface area contributed by atoms with Gasteiger partial charge in [-0.2, -0.15) is 5.26 Å². The van der Waals surface area contributed by atoms with Gasteiger partial charge in [-0.05, 0) is 30.7 Å². The van der Waals surface area contributed by atoms with Crippen LogP contribution < -0.4 is 0 Å². The Bertz CT molecular complexity index is 573. The average Bonchev–Trinajstić information content (AvgIpc) is 2.62. The molecule has 1 aromatic carbocycles. The highest BCUT2D eigenvalue weighted by Crippen LogP contribution is 2.09. The lowest BCUT2D eigenvalue weighted by Crippen LogP contribution is -2.05. The zero-order valence-electron chi connectivity index (χ0n) is 14.6. The summed E-state index contributed by atoms with van der Waals surface area (Å²) in [6.45, 7) is 2.36. The summed E-state index contributed by atoms with van der Waals surface area (Å²) < 4.78 is 5.09. The van der Waals surface area contributed by atoms with Gasteiger partial charge in [-0.1, -0.05) is 63.7 Å². The minimum Gasteiger partial charge on any atom is -0.449 e. The maximum atomic E-state index is 11.8. The van der Waals surface area contributed by atoms with E-state index in [9.17, 15) is 4.79 Å². The summed E-state index contributed by atoms with van der Waals surface area (Å²) in [5.74, 6) is 5.53. The van der Waals surface area contributed by atoms with Gasteiger partial charge >= 0.3 is 5.97 Å². The normalized spacial score (nSPS) is 9.67. The Balaban J connectivity index is 2.05. The minimum absolute atomic E-state index is 0.121. The minimum atomic E-state index is -0.402. The summed E-state index contributed by atoms with van der Waals surface area (Å²) in [7, 11) is 0. The van der Waals surface area contributed by atoms with Crippen molar-refractivity contribution in [3.63, 3.8) is 0 Å². The van der Waals surface area contributed by atoms with Crippen LogP contribution in [0.25, 0.3) is 0 Å². The van der Waals surface area contributed by atoms with Crippen molar-refractivity contribution in [1.82, 2.24) is 0 Å². The molecule has 0 fully saturated rings. The van der Waals surface area contributed by atoms with E-state index < -0.39 is 5.97 Å². The van der Waals surface area contributed by atoms with Gasteiger partial charge in [0.25, 0.3) is 0 Å². The van der Waals surface area contributed by atoms with Gasteiger partial charge in [0, 0.05) is 6.42 Å². The zero-order chi connectivity index (χ0) is 17.5. The van der Waals surface area contributed by atoms with E-state index in [-0.39, 0.29) is 6.61 Å². The Morgan fingerprint density at radius 3 is 2.21 bits per heavy atom. The molecule has 0 aliphatic heterocycles. The van der Waals surface area contributed by atoms with E-state index in [1.54, 1.807) is 24.3 Å². The molecule has 0 radical (unpaired) electrons. The van der Waals surface area contributed by atoms with Crippen molar-refractivity contribution in [1.29, 1.82) is 5.26 Å². The van der Waals surface area contributed by atoms with Crippen LogP contribution in [0.5, 0.6) is 0 Å². The second kappa shape index (κ2) is 13.2. The molecule has 0 bridgehead atoms. The fourth-order valence-electron chi connectivity index (χ4n) is 2.35. The molecule has 0 aliphatic carbocycles. The monoisotopic (exact) mass is 325 g/mol. The van der Waals surface area contributed by atoms with Crippen molar-refractivity contribution in [2.24, 2.45) is 0 Å². The number of benzene rings is 1. The molecule has 0 saturated carbocycles. The number of esters is 1. The van der Waals surface area contributed by atoms with Gasteiger partial charge in [0.1, 0.15) is 0 Å². The molecule has 0 atom stereocenters.